The number of sulfone groups is 1. The Morgan fingerprint density at radius 1 is 1.02 bits per heavy atom. The highest BCUT2D eigenvalue weighted by Crippen LogP contribution is 2.34. The lowest BCUT2D eigenvalue weighted by Gasteiger charge is -2.18. The van der Waals surface area contributed by atoms with Crippen molar-refractivity contribution < 1.29 is 27.9 Å². The molecule has 0 saturated carbocycles. The molecular weight excluding hydrogens is 594 g/mol. The molecule has 0 aliphatic carbocycles. The summed E-state index contributed by atoms with van der Waals surface area (Å²) in [6.07, 6.45) is 2.81. The fraction of sp³-hybridized carbons (Fsp3) is 0.133. The number of para-hydroxylation sites is 1. The number of aromatic hydroxyl groups is 1. The summed E-state index contributed by atoms with van der Waals surface area (Å²) in [5.41, 5.74) is 1.88. The Morgan fingerprint density at radius 3 is 2.42 bits per heavy atom. The number of ether oxygens (including phenoxy) is 1. The Balaban J connectivity index is 1.48. The maximum absolute atomic E-state index is 13.4. The zero-order valence-electron chi connectivity index (χ0n) is 23.2. The van der Waals surface area contributed by atoms with Crippen LogP contribution in [0.5, 0.6) is 11.5 Å². The molecule has 5 rings (SSSR count). The van der Waals surface area contributed by atoms with Gasteiger partial charge in [0.1, 0.15) is 16.7 Å². The van der Waals surface area contributed by atoms with Crippen LogP contribution in [-0.2, 0) is 14.6 Å². The first-order valence-corrected chi connectivity index (χ1v) is 14.8. The van der Waals surface area contributed by atoms with Crippen LogP contribution in [0.3, 0.4) is 0 Å². The first-order valence-electron chi connectivity index (χ1n) is 12.9. The third kappa shape index (κ3) is 6.01. The van der Waals surface area contributed by atoms with Crippen molar-refractivity contribution in [1.82, 2.24) is 14.8 Å². The lowest BCUT2D eigenvalue weighted by molar-refractivity contribution is -0.115. The normalized spacial score (nSPS) is 12.1. The van der Waals surface area contributed by atoms with Gasteiger partial charge in [-0.2, -0.15) is 5.10 Å². The number of hydrogen-bond donors (Lipinski definition) is 3. The highest BCUT2D eigenvalue weighted by molar-refractivity contribution is 7.92. The van der Waals surface area contributed by atoms with Gasteiger partial charge in [0.05, 0.1) is 51.4 Å². The van der Waals surface area contributed by atoms with E-state index < -0.39 is 26.9 Å². The van der Waals surface area contributed by atoms with Crippen molar-refractivity contribution in [3.63, 3.8) is 0 Å². The van der Waals surface area contributed by atoms with E-state index in [4.69, 9.17) is 16.3 Å². The predicted octanol–water partition coefficient (Wildman–Crippen LogP) is 5.15. The lowest BCUT2D eigenvalue weighted by Crippen LogP contribution is -2.33. The van der Waals surface area contributed by atoms with Crippen molar-refractivity contribution in [3.05, 3.63) is 95.4 Å². The van der Waals surface area contributed by atoms with Crippen LogP contribution in [0.1, 0.15) is 23.0 Å². The van der Waals surface area contributed by atoms with Crippen LogP contribution in [0.4, 0.5) is 11.4 Å². The molecule has 1 unspecified atom stereocenters. The number of phenols is 1. The average Bonchev–Trinajstić information content (AvgIpc) is 3.43. The van der Waals surface area contributed by atoms with Gasteiger partial charge in [-0.3, -0.25) is 14.6 Å². The molecule has 0 aliphatic heterocycles. The van der Waals surface area contributed by atoms with Crippen molar-refractivity contribution in [2.24, 2.45) is 0 Å². The molecule has 2 heterocycles. The number of hydrogen-bond acceptors (Lipinski definition) is 8. The van der Waals surface area contributed by atoms with Gasteiger partial charge in [0.25, 0.3) is 5.91 Å². The van der Waals surface area contributed by atoms with E-state index in [2.05, 4.69) is 20.7 Å². The predicted molar refractivity (Wildman–Crippen MR) is 163 cm³/mol. The second-order valence-electron chi connectivity index (χ2n) is 9.62. The van der Waals surface area contributed by atoms with E-state index in [0.717, 1.165) is 0 Å². The van der Waals surface area contributed by atoms with E-state index >= 15 is 0 Å². The summed E-state index contributed by atoms with van der Waals surface area (Å²) in [4.78, 5) is 31.0. The van der Waals surface area contributed by atoms with Crippen molar-refractivity contribution >= 4 is 55.5 Å². The molecule has 0 aliphatic rings. The first kappa shape index (κ1) is 29.5. The number of amides is 2. The van der Waals surface area contributed by atoms with Crippen LogP contribution in [0, 0.1) is 6.92 Å². The van der Waals surface area contributed by atoms with Gasteiger partial charge in [0, 0.05) is 23.3 Å². The minimum absolute atomic E-state index is 0.0158. The number of nitrogens with zero attached hydrogens (tertiary/aromatic N) is 3. The molecule has 43 heavy (non-hydrogen) atoms. The molecule has 13 heteroatoms. The topological polar surface area (TPSA) is 153 Å². The summed E-state index contributed by atoms with van der Waals surface area (Å²) in [6, 6.07) is 17.1. The molecule has 0 fully saturated rings. The van der Waals surface area contributed by atoms with Gasteiger partial charge in [-0.1, -0.05) is 29.8 Å². The molecule has 11 nitrogen and oxygen atoms in total. The second-order valence-corrected chi connectivity index (χ2v) is 12.3. The number of rotatable bonds is 8. The van der Waals surface area contributed by atoms with Crippen LogP contribution in [0.2, 0.25) is 5.02 Å². The molecule has 0 spiro atoms. The Bertz CT molecular complexity index is 1980. The van der Waals surface area contributed by atoms with Crippen LogP contribution >= 0.6 is 11.6 Å². The van der Waals surface area contributed by atoms with Gasteiger partial charge in [-0.25, -0.2) is 13.1 Å². The molecule has 0 saturated heterocycles. The summed E-state index contributed by atoms with van der Waals surface area (Å²) < 4.78 is 32.8. The highest BCUT2D eigenvalue weighted by Gasteiger charge is 2.31. The number of carbonyl (C=O) groups excluding carboxylic acids is 2. The number of anilines is 2. The lowest BCUT2D eigenvalue weighted by atomic mass is 10.1. The van der Waals surface area contributed by atoms with Crippen LogP contribution in [0.15, 0.2) is 84.0 Å². The van der Waals surface area contributed by atoms with Crippen molar-refractivity contribution in [1.29, 1.82) is 0 Å². The SMILES string of the molecule is COc1ccc(S(=O)(=O)C(C)C(=O)Nc2cc(O)c(NC(=O)c3cc(C)nc4ccccc34)cc2-n2cc(Cl)cn2)cc1. The second kappa shape index (κ2) is 11.7. The fourth-order valence-electron chi connectivity index (χ4n) is 4.43. The Kier molecular flexibility index (Phi) is 8.07. The number of benzene rings is 3. The zero-order valence-corrected chi connectivity index (χ0v) is 24.8. The molecule has 2 aromatic heterocycles. The maximum Gasteiger partial charge on any atom is 0.256 e. The van der Waals surface area contributed by atoms with Crippen molar-refractivity contribution in [2.75, 3.05) is 17.7 Å². The fourth-order valence-corrected chi connectivity index (χ4v) is 5.83. The zero-order chi connectivity index (χ0) is 30.9. The standard InChI is InChI=1S/C30H26ClN5O6S/c1-17-12-23(22-6-4-5-7-24(22)33-17)30(39)35-26-13-27(36-16-19(31)15-32-36)25(14-28(26)37)34-29(38)18(2)43(40,41)21-10-8-20(42-3)9-11-21/h4-16,18,37H,1-3H3,(H,34,38)(H,35,39). The third-order valence-corrected chi connectivity index (χ3v) is 9.00. The quantitative estimate of drug-likeness (QED) is 0.202. The number of carbonyl (C=O) groups is 2. The Labute approximate surface area is 252 Å². The first-order chi connectivity index (χ1) is 20.5. The van der Waals surface area contributed by atoms with E-state index in [1.165, 1.54) is 67.5 Å². The molecule has 220 valence electrons. The molecule has 5 aromatic rings. The number of aromatic nitrogens is 3. The molecule has 2 amide bonds. The maximum atomic E-state index is 13.4. The van der Waals surface area contributed by atoms with Gasteiger partial charge in [0.15, 0.2) is 9.84 Å². The number of phenolic OH excluding ortho intramolecular Hbond substituents is 1. The van der Waals surface area contributed by atoms with E-state index in [1.54, 1.807) is 31.2 Å². The monoisotopic (exact) mass is 619 g/mol. The van der Waals surface area contributed by atoms with E-state index in [-0.39, 0.29) is 32.7 Å². The van der Waals surface area contributed by atoms with Crippen LogP contribution < -0.4 is 15.4 Å². The highest BCUT2D eigenvalue weighted by atomic mass is 35.5. The number of pyridine rings is 1. The summed E-state index contributed by atoms with van der Waals surface area (Å²) in [6.45, 7) is 3.03. The minimum Gasteiger partial charge on any atom is -0.506 e. The molecule has 0 radical (unpaired) electrons. The number of fused-ring (bicyclic) bond motifs is 1. The van der Waals surface area contributed by atoms with Gasteiger partial charge in [-0.05, 0) is 56.3 Å². The molecule has 3 N–H and O–H groups in total. The van der Waals surface area contributed by atoms with E-state index in [1.807, 2.05) is 6.07 Å². The number of methoxy groups -OCH3 is 1. The molecule has 3 aromatic carbocycles. The molecule has 0 bridgehead atoms. The van der Waals surface area contributed by atoms with E-state index in [9.17, 15) is 23.1 Å². The molecule has 1 atom stereocenters. The van der Waals surface area contributed by atoms with Crippen LogP contribution in [-0.4, -0.2) is 52.5 Å². The van der Waals surface area contributed by atoms with Gasteiger partial charge < -0.3 is 20.5 Å². The van der Waals surface area contributed by atoms with Crippen LogP contribution in [0.25, 0.3) is 16.6 Å². The van der Waals surface area contributed by atoms with Crippen molar-refractivity contribution in [2.45, 2.75) is 24.0 Å². The average molecular weight is 620 g/mol. The summed E-state index contributed by atoms with van der Waals surface area (Å²) >= 11 is 6.09. The summed E-state index contributed by atoms with van der Waals surface area (Å²) in [5.74, 6) is -1.28. The summed E-state index contributed by atoms with van der Waals surface area (Å²) in [5, 5.41) is 19.8. The Hall–Kier alpha value is -4.94. The molecular formula is C30H26ClN5O6S. The smallest absolute Gasteiger partial charge is 0.256 e. The van der Waals surface area contributed by atoms with Gasteiger partial charge >= 0.3 is 0 Å². The number of nitrogens with one attached hydrogen (secondary N) is 2. The van der Waals surface area contributed by atoms with Gasteiger partial charge in [-0.15, -0.1) is 0 Å². The summed E-state index contributed by atoms with van der Waals surface area (Å²) in [7, 11) is -2.62. The number of aryl methyl sites for hydroxylation is 1. The minimum atomic E-state index is -4.08. The van der Waals surface area contributed by atoms with Gasteiger partial charge in [0.2, 0.25) is 5.91 Å². The van der Waals surface area contributed by atoms with E-state index in [0.29, 0.717) is 27.9 Å². The van der Waals surface area contributed by atoms with Crippen molar-refractivity contribution in [3.8, 4) is 17.2 Å². The third-order valence-electron chi connectivity index (χ3n) is 6.73. The Morgan fingerprint density at radius 2 is 1.74 bits per heavy atom. The number of halogens is 1. The largest absolute Gasteiger partial charge is 0.506 e.